The minimum atomic E-state index is -0.497. The van der Waals surface area contributed by atoms with Crippen LogP contribution in [-0.4, -0.2) is 18.3 Å². The average Bonchev–Trinajstić information content (AvgIpc) is 2.60. The van der Waals surface area contributed by atoms with Gasteiger partial charge in [-0.15, -0.1) is 11.6 Å². The van der Waals surface area contributed by atoms with Crippen molar-refractivity contribution in [3.05, 3.63) is 71.3 Å². The second-order valence-corrected chi connectivity index (χ2v) is 6.24. The van der Waals surface area contributed by atoms with Crippen LogP contribution in [0, 0.1) is 0 Å². The third-order valence-electron chi connectivity index (χ3n) is 4.31. The fraction of sp³-hybridized carbons (Fsp3) is 0.250. The summed E-state index contributed by atoms with van der Waals surface area (Å²) in [6.45, 7) is 0. The van der Waals surface area contributed by atoms with E-state index in [-0.39, 0.29) is 11.7 Å². The number of alkyl halides is 1. The zero-order chi connectivity index (χ0) is 16.2. The van der Waals surface area contributed by atoms with Crippen LogP contribution in [0.5, 0.6) is 5.75 Å². The zero-order valence-electron chi connectivity index (χ0n) is 13.0. The summed E-state index contributed by atoms with van der Waals surface area (Å²) in [4.78, 5) is 12.6. The summed E-state index contributed by atoms with van der Waals surface area (Å²) in [5, 5.41) is -0.497. The molecule has 1 aliphatic rings. The molecule has 1 saturated carbocycles. The van der Waals surface area contributed by atoms with Crippen LogP contribution in [0.4, 0.5) is 0 Å². The van der Waals surface area contributed by atoms with Crippen molar-refractivity contribution in [1.82, 2.24) is 0 Å². The topological polar surface area (TPSA) is 26.3 Å². The molecule has 118 valence electrons. The van der Waals surface area contributed by atoms with Crippen LogP contribution < -0.4 is 4.74 Å². The molecule has 2 nitrogen and oxygen atoms in total. The molecular weight excluding hydrogens is 308 g/mol. The van der Waals surface area contributed by atoms with E-state index in [9.17, 15) is 4.79 Å². The van der Waals surface area contributed by atoms with Gasteiger partial charge in [0.05, 0.1) is 7.11 Å². The van der Waals surface area contributed by atoms with Crippen molar-refractivity contribution in [2.75, 3.05) is 7.11 Å². The van der Waals surface area contributed by atoms with E-state index in [0.29, 0.717) is 0 Å². The Morgan fingerprint density at radius 1 is 1.13 bits per heavy atom. The molecule has 0 bridgehead atoms. The van der Waals surface area contributed by atoms with Crippen molar-refractivity contribution in [3.63, 3.8) is 0 Å². The SMILES string of the molecule is COc1cccc(C=C2CCC(c3ccccc3)C(Cl)C2=O)c1. The number of benzene rings is 2. The van der Waals surface area contributed by atoms with Gasteiger partial charge in [-0.05, 0) is 47.8 Å². The van der Waals surface area contributed by atoms with Crippen molar-refractivity contribution >= 4 is 23.5 Å². The quantitative estimate of drug-likeness (QED) is 0.596. The number of carbonyl (C=O) groups excluding carboxylic acids is 1. The Morgan fingerprint density at radius 3 is 2.65 bits per heavy atom. The molecule has 0 heterocycles. The van der Waals surface area contributed by atoms with Crippen LogP contribution in [0.25, 0.3) is 6.08 Å². The summed E-state index contributed by atoms with van der Waals surface area (Å²) < 4.78 is 5.23. The molecule has 0 N–H and O–H groups in total. The maximum Gasteiger partial charge on any atom is 0.177 e. The highest BCUT2D eigenvalue weighted by Crippen LogP contribution is 2.37. The highest BCUT2D eigenvalue weighted by Gasteiger charge is 2.34. The van der Waals surface area contributed by atoms with Gasteiger partial charge in [0.2, 0.25) is 0 Å². The normalized spacial score (nSPS) is 23.0. The number of carbonyl (C=O) groups is 1. The number of ketones is 1. The minimum absolute atomic E-state index is 0.0367. The number of hydrogen-bond acceptors (Lipinski definition) is 2. The number of halogens is 1. The molecule has 0 radical (unpaired) electrons. The van der Waals surface area contributed by atoms with Crippen LogP contribution in [0.15, 0.2) is 60.2 Å². The molecule has 3 heteroatoms. The van der Waals surface area contributed by atoms with Crippen LogP contribution in [-0.2, 0) is 4.79 Å². The molecule has 3 rings (SSSR count). The van der Waals surface area contributed by atoms with E-state index in [1.807, 2.05) is 60.7 Å². The van der Waals surface area contributed by atoms with Gasteiger partial charge in [-0.2, -0.15) is 0 Å². The molecule has 23 heavy (non-hydrogen) atoms. The molecule has 0 amide bonds. The zero-order valence-corrected chi connectivity index (χ0v) is 13.8. The molecule has 0 aromatic heterocycles. The smallest absolute Gasteiger partial charge is 0.177 e. The van der Waals surface area contributed by atoms with Crippen molar-refractivity contribution in [2.24, 2.45) is 0 Å². The third kappa shape index (κ3) is 3.48. The van der Waals surface area contributed by atoms with Gasteiger partial charge in [-0.1, -0.05) is 42.5 Å². The van der Waals surface area contributed by atoms with Gasteiger partial charge in [-0.3, -0.25) is 4.79 Å². The first-order valence-electron chi connectivity index (χ1n) is 7.77. The molecule has 0 spiro atoms. The first-order valence-corrected chi connectivity index (χ1v) is 8.20. The summed E-state index contributed by atoms with van der Waals surface area (Å²) in [6.07, 6.45) is 3.57. The van der Waals surface area contributed by atoms with Gasteiger partial charge >= 0.3 is 0 Å². The lowest BCUT2D eigenvalue weighted by atomic mass is 9.80. The van der Waals surface area contributed by atoms with Crippen LogP contribution in [0.2, 0.25) is 0 Å². The summed E-state index contributed by atoms with van der Waals surface area (Å²) in [5.41, 5.74) is 2.90. The Bertz CT molecular complexity index is 721. The Hall–Kier alpha value is -2.06. The number of rotatable bonds is 3. The van der Waals surface area contributed by atoms with Gasteiger partial charge in [-0.25, -0.2) is 0 Å². The lowest BCUT2D eigenvalue weighted by Crippen LogP contribution is -2.29. The first-order chi connectivity index (χ1) is 11.2. The Balaban J connectivity index is 1.82. The molecule has 2 aromatic carbocycles. The predicted octanol–water partition coefficient (Wildman–Crippen LogP) is 4.83. The highest BCUT2D eigenvalue weighted by molar-refractivity contribution is 6.35. The number of hydrogen-bond donors (Lipinski definition) is 0. The Labute approximate surface area is 141 Å². The Morgan fingerprint density at radius 2 is 1.91 bits per heavy atom. The number of ether oxygens (including phenoxy) is 1. The third-order valence-corrected chi connectivity index (χ3v) is 4.81. The predicted molar refractivity (Wildman–Crippen MR) is 94.0 cm³/mol. The molecule has 0 saturated heterocycles. The summed E-state index contributed by atoms with van der Waals surface area (Å²) in [5.74, 6) is 0.912. The molecule has 0 aliphatic heterocycles. The number of methoxy groups -OCH3 is 1. The van der Waals surface area contributed by atoms with Gasteiger partial charge in [0.15, 0.2) is 5.78 Å². The molecule has 2 aromatic rings. The molecule has 1 aliphatic carbocycles. The van der Waals surface area contributed by atoms with Gasteiger partial charge in [0.1, 0.15) is 11.1 Å². The van der Waals surface area contributed by atoms with E-state index in [1.54, 1.807) is 7.11 Å². The standard InChI is InChI=1S/C20H19ClO2/c1-23-17-9-5-6-14(13-17)12-16-10-11-18(19(21)20(16)22)15-7-3-2-4-8-15/h2-9,12-13,18-19H,10-11H2,1H3. The minimum Gasteiger partial charge on any atom is -0.497 e. The maximum absolute atomic E-state index is 12.6. The van der Waals surface area contributed by atoms with Crippen LogP contribution in [0.1, 0.15) is 29.9 Å². The van der Waals surface area contributed by atoms with E-state index in [4.69, 9.17) is 16.3 Å². The molecular formula is C20H19ClO2. The van der Waals surface area contributed by atoms with Crippen LogP contribution in [0.3, 0.4) is 0 Å². The second-order valence-electron chi connectivity index (χ2n) is 5.77. The lowest BCUT2D eigenvalue weighted by molar-refractivity contribution is -0.116. The van der Waals surface area contributed by atoms with Gasteiger partial charge in [0, 0.05) is 5.92 Å². The van der Waals surface area contributed by atoms with E-state index < -0.39 is 5.38 Å². The van der Waals surface area contributed by atoms with Gasteiger partial charge < -0.3 is 4.74 Å². The van der Waals surface area contributed by atoms with E-state index in [2.05, 4.69) is 0 Å². The fourth-order valence-corrected chi connectivity index (χ4v) is 3.46. The lowest BCUT2D eigenvalue weighted by Gasteiger charge is -2.28. The summed E-state index contributed by atoms with van der Waals surface area (Å²) in [6, 6.07) is 17.8. The van der Waals surface area contributed by atoms with Gasteiger partial charge in [0.25, 0.3) is 0 Å². The monoisotopic (exact) mass is 326 g/mol. The fourth-order valence-electron chi connectivity index (χ4n) is 3.05. The maximum atomic E-state index is 12.6. The molecule has 2 unspecified atom stereocenters. The number of allylic oxidation sites excluding steroid dienone is 1. The van der Waals surface area contributed by atoms with Crippen molar-refractivity contribution in [3.8, 4) is 5.75 Å². The molecule has 2 atom stereocenters. The van der Waals surface area contributed by atoms with E-state index in [0.717, 1.165) is 35.3 Å². The summed E-state index contributed by atoms with van der Waals surface area (Å²) in [7, 11) is 1.64. The number of Topliss-reactive ketones (excluding diaryl/α,β-unsaturated/α-hetero) is 1. The van der Waals surface area contributed by atoms with Crippen molar-refractivity contribution in [1.29, 1.82) is 0 Å². The largest absolute Gasteiger partial charge is 0.497 e. The molecule has 1 fully saturated rings. The summed E-state index contributed by atoms with van der Waals surface area (Å²) >= 11 is 6.47. The van der Waals surface area contributed by atoms with Crippen molar-refractivity contribution in [2.45, 2.75) is 24.1 Å². The van der Waals surface area contributed by atoms with E-state index >= 15 is 0 Å². The van der Waals surface area contributed by atoms with Crippen molar-refractivity contribution < 1.29 is 9.53 Å². The first kappa shape index (κ1) is 15.8. The highest BCUT2D eigenvalue weighted by atomic mass is 35.5. The van der Waals surface area contributed by atoms with Crippen LogP contribution >= 0.6 is 11.6 Å². The van der Waals surface area contributed by atoms with E-state index in [1.165, 1.54) is 0 Å². The Kier molecular flexibility index (Phi) is 4.82. The average molecular weight is 327 g/mol. The second kappa shape index (κ2) is 7.01.